The van der Waals surface area contributed by atoms with E-state index in [1.807, 2.05) is 0 Å². The molecule has 0 aromatic heterocycles. The SMILES string of the molecule is COCOc1cc(B(O)O)c2c(F)c(F)ccc2c1. The Morgan fingerprint density at radius 3 is 2.58 bits per heavy atom. The van der Waals surface area contributed by atoms with Crippen LogP contribution >= 0.6 is 0 Å². The van der Waals surface area contributed by atoms with Gasteiger partial charge in [-0.3, -0.25) is 0 Å². The summed E-state index contributed by atoms with van der Waals surface area (Å²) in [7, 11) is -0.511. The highest BCUT2D eigenvalue weighted by molar-refractivity contribution is 6.62. The van der Waals surface area contributed by atoms with Gasteiger partial charge in [0.25, 0.3) is 0 Å². The first kappa shape index (κ1) is 13.7. The van der Waals surface area contributed by atoms with Crippen LogP contribution in [0.1, 0.15) is 0 Å². The molecular formula is C12H11BF2O4. The van der Waals surface area contributed by atoms with Crippen molar-refractivity contribution in [2.24, 2.45) is 0 Å². The Morgan fingerprint density at radius 2 is 1.95 bits per heavy atom. The van der Waals surface area contributed by atoms with Gasteiger partial charge >= 0.3 is 7.12 Å². The third kappa shape index (κ3) is 2.68. The van der Waals surface area contributed by atoms with Gasteiger partial charge in [0.05, 0.1) is 0 Å². The number of rotatable bonds is 4. The number of methoxy groups -OCH3 is 1. The van der Waals surface area contributed by atoms with E-state index in [0.29, 0.717) is 5.39 Å². The summed E-state index contributed by atoms with van der Waals surface area (Å²) in [5.74, 6) is -1.91. The van der Waals surface area contributed by atoms with Crippen molar-refractivity contribution in [2.45, 2.75) is 0 Å². The van der Waals surface area contributed by atoms with E-state index in [-0.39, 0.29) is 23.4 Å². The van der Waals surface area contributed by atoms with E-state index >= 15 is 0 Å². The Balaban J connectivity index is 2.65. The zero-order chi connectivity index (χ0) is 14.0. The first-order valence-corrected chi connectivity index (χ1v) is 5.44. The van der Waals surface area contributed by atoms with Crippen LogP contribution in [0.2, 0.25) is 0 Å². The fraction of sp³-hybridized carbons (Fsp3) is 0.167. The van der Waals surface area contributed by atoms with Crippen LogP contribution < -0.4 is 10.2 Å². The second-order valence-electron chi connectivity index (χ2n) is 3.90. The monoisotopic (exact) mass is 268 g/mol. The van der Waals surface area contributed by atoms with Crippen molar-refractivity contribution in [2.75, 3.05) is 13.9 Å². The molecule has 2 rings (SSSR count). The van der Waals surface area contributed by atoms with Crippen LogP contribution in [0.25, 0.3) is 10.8 Å². The second kappa shape index (κ2) is 5.52. The van der Waals surface area contributed by atoms with Crippen LogP contribution in [0.3, 0.4) is 0 Å². The average molecular weight is 268 g/mol. The normalized spacial score (nSPS) is 10.8. The molecule has 0 aliphatic heterocycles. The van der Waals surface area contributed by atoms with Gasteiger partial charge in [0.15, 0.2) is 18.4 Å². The third-order valence-electron chi connectivity index (χ3n) is 2.63. The van der Waals surface area contributed by atoms with Crippen LogP contribution in [0, 0.1) is 11.6 Å². The summed E-state index contributed by atoms with van der Waals surface area (Å²) in [5, 5.41) is 18.7. The predicted molar refractivity (Wildman–Crippen MR) is 66.2 cm³/mol. The van der Waals surface area contributed by atoms with Crippen LogP contribution in [0.5, 0.6) is 5.75 Å². The maximum absolute atomic E-state index is 13.7. The van der Waals surface area contributed by atoms with Gasteiger partial charge in [-0.25, -0.2) is 8.78 Å². The van der Waals surface area contributed by atoms with E-state index in [9.17, 15) is 18.8 Å². The largest absolute Gasteiger partial charge is 0.489 e. The minimum absolute atomic E-state index is 0.0455. The van der Waals surface area contributed by atoms with E-state index in [4.69, 9.17) is 9.47 Å². The zero-order valence-electron chi connectivity index (χ0n) is 10.1. The molecule has 0 heterocycles. The second-order valence-corrected chi connectivity index (χ2v) is 3.90. The molecule has 0 spiro atoms. The molecule has 0 aliphatic carbocycles. The van der Waals surface area contributed by atoms with Gasteiger partial charge in [-0.05, 0) is 29.0 Å². The quantitative estimate of drug-likeness (QED) is 0.635. The number of fused-ring (bicyclic) bond motifs is 1. The molecule has 0 amide bonds. The molecule has 0 unspecified atom stereocenters. The third-order valence-corrected chi connectivity index (χ3v) is 2.63. The molecule has 0 atom stereocenters. The highest BCUT2D eigenvalue weighted by Gasteiger charge is 2.21. The van der Waals surface area contributed by atoms with Gasteiger partial charge in [0, 0.05) is 12.5 Å². The zero-order valence-corrected chi connectivity index (χ0v) is 10.1. The van der Waals surface area contributed by atoms with Gasteiger partial charge in [-0.15, -0.1) is 0 Å². The first-order valence-electron chi connectivity index (χ1n) is 5.44. The van der Waals surface area contributed by atoms with Crippen molar-refractivity contribution in [3.8, 4) is 5.75 Å². The molecule has 4 nitrogen and oxygen atoms in total. The highest BCUT2D eigenvalue weighted by atomic mass is 19.2. The molecule has 2 N–H and O–H groups in total. The highest BCUT2D eigenvalue weighted by Crippen LogP contribution is 2.23. The summed E-state index contributed by atoms with van der Waals surface area (Å²) < 4.78 is 36.8. The van der Waals surface area contributed by atoms with E-state index < -0.39 is 18.8 Å². The maximum atomic E-state index is 13.7. The van der Waals surface area contributed by atoms with Crippen molar-refractivity contribution < 1.29 is 28.3 Å². The molecule has 0 aliphatic rings. The lowest BCUT2D eigenvalue weighted by atomic mass is 9.77. The summed E-state index contributed by atoms with van der Waals surface area (Å²) in [4.78, 5) is 0. The molecule has 19 heavy (non-hydrogen) atoms. The summed E-state index contributed by atoms with van der Waals surface area (Å²) in [6.07, 6.45) is 0. The van der Waals surface area contributed by atoms with Crippen molar-refractivity contribution in [1.29, 1.82) is 0 Å². The summed E-state index contributed by atoms with van der Waals surface area (Å²) in [5.41, 5.74) is -0.166. The topological polar surface area (TPSA) is 58.9 Å². The Bertz CT molecular complexity index is 604. The smallest absolute Gasteiger partial charge is 0.468 e. The fourth-order valence-corrected chi connectivity index (χ4v) is 1.81. The van der Waals surface area contributed by atoms with Gasteiger partial charge in [0.2, 0.25) is 0 Å². The molecule has 0 bridgehead atoms. The minimum Gasteiger partial charge on any atom is -0.468 e. The van der Waals surface area contributed by atoms with Crippen LogP contribution in [-0.4, -0.2) is 31.1 Å². The molecule has 0 saturated heterocycles. The lowest BCUT2D eigenvalue weighted by molar-refractivity contribution is 0.0513. The molecule has 100 valence electrons. The molecule has 2 aromatic carbocycles. The fourth-order valence-electron chi connectivity index (χ4n) is 1.81. The number of hydrogen-bond acceptors (Lipinski definition) is 4. The number of halogens is 2. The molecule has 2 aromatic rings. The number of hydrogen-bond donors (Lipinski definition) is 2. The Morgan fingerprint density at radius 1 is 1.21 bits per heavy atom. The number of ether oxygens (including phenoxy) is 2. The lowest BCUT2D eigenvalue weighted by Crippen LogP contribution is -2.31. The lowest BCUT2D eigenvalue weighted by Gasteiger charge is -2.11. The van der Waals surface area contributed by atoms with Gasteiger partial charge in [-0.1, -0.05) is 6.07 Å². The Labute approximate surface area is 108 Å². The van der Waals surface area contributed by atoms with E-state index in [1.165, 1.54) is 25.3 Å². The van der Waals surface area contributed by atoms with Crippen molar-refractivity contribution in [1.82, 2.24) is 0 Å². The van der Waals surface area contributed by atoms with E-state index in [1.54, 1.807) is 0 Å². The Hall–Kier alpha value is -1.70. The van der Waals surface area contributed by atoms with Gasteiger partial charge in [-0.2, -0.15) is 0 Å². The van der Waals surface area contributed by atoms with E-state index in [2.05, 4.69) is 0 Å². The minimum atomic E-state index is -1.94. The first-order chi connectivity index (χ1) is 9.04. The molecule has 0 radical (unpaired) electrons. The van der Waals surface area contributed by atoms with Crippen LogP contribution in [0.15, 0.2) is 24.3 Å². The number of benzene rings is 2. The molecular weight excluding hydrogens is 257 g/mol. The van der Waals surface area contributed by atoms with Crippen molar-refractivity contribution in [3.63, 3.8) is 0 Å². The van der Waals surface area contributed by atoms with Crippen LogP contribution in [0.4, 0.5) is 8.78 Å². The van der Waals surface area contributed by atoms with Gasteiger partial charge in [0.1, 0.15) is 5.75 Å². The maximum Gasteiger partial charge on any atom is 0.489 e. The summed E-state index contributed by atoms with van der Waals surface area (Å²) in [6.45, 7) is -0.0455. The molecule has 7 heteroatoms. The van der Waals surface area contributed by atoms with Crippen molar-refractivity contribution >= 4 is 23.4 Å². The summed E-state index contributed by atoms with van der Waals surface area (Å²) in [6, 6.07) is 4.99. The Kier molecular flexibility index (Phi) is 3.99. The summed E-state index contributed by atoms with van der Waals surface area (Å²) >= 11 is 0. The standard InChI is InChI=1S/C12H11BF2O4/c1-18-6-19-8-4-7-2-3-10(14)12(15)11(7)9(5-8)13(16)17/h2-5,16-17H,6H2,1H3. The van der Waals surface area contributed by atoms with Gasteiger partial charge < -0.3 is 19.5 Å². The van der Waals surface area contributed by atoms with E-state index in [0.717, 1.165) is 6.07 Å². The predicted octanol–water partition coefficient (Wildman–Crippen LogP) is 0.781. The average Bonchev–Trinajstić information content (AvgIpc) is 2.39. The van der Waals surface area contributed by atoms with Crippen LogP contribution in [-0.2, 0) is 4.74 Å². The van der Waals surface area contributed by atoms with Crippen molar-refractivity contribution in [3.05, 3.63) is 35.9 Å². The molecule has 0 fully saturated rings. The molecule has 0 saturated carbocycles.